The number of hydrogen-bond donors (Lipinski definition) is 1. The van der Waals surface area contributed by atoms with Gasteiger partial charge < -0.3 is 5.32 Å². The Kier molecular flexibility index (Phi) is 7.51. The van der Waals surface area contributed by atoms with Crippen LogP contribution in [0.1, 0.15) is 30.5 Å². The smallest absolute Gasteiger partial charge is 0.264 e. The van der Waals surface area contributed by atoms with Crippen molar-refractivity contribution in [2.24, 2.45) is 0 Å². The fourth-order valence-electron chi connectivity index (χ4n) is 3.23. The molecule has 1 N–H and O–H groups in total. The summed E-state index contributed by atoms with van der Waals surface area (Å²) < 4.78 is 28.7. The lowest BCUT2D eigenvalue weighted by Crippen LogP contribution is -2.42. The van der Waals surface area contributed by atoms with Gasteiger partial charge in [0, 0.05) is 4.47 Å². The zero-order valence-corrected chi connectivity index (χ0v) is 19.9. The van der Waals surface area contributed by atoms with Crippen molar-refractivity contribution in [1.29, 1.82) is 0 Å². The van der Waals surface area contributed by atoms with E-state index >= 15 is 0 Å². The molecule has 7 heteroatoms. The predicted octanol–water partition coefficient (Wildman–Crippen LogP) is 5.22. The number of rotatable bonds is 8. The van der Waals surface area contributed by atoms with Crippen LogP contribution in [-0.4, -0.2) is 20.9 Å². The van der Waals surface area contributed by atoms with Gasteiger partial charge in [0.2, 0.25) is 5.91 Å². The molecule has 1 amide bonds. The molecule has 0 aromatic heterocycles. The molecule has 3 aromatic rings. The Bertz CT molecular complexity index is 1120. The monoisotopic (exact) mass is 500 g/mol. The number of anilines is 1. The average molecular weight is 501 g/mol. The van der Waals surface area contributed by atoms with E-state index in [4.69, 9.17) is 0 Å². The quantitative estimate of drug-likeness (QED) is 0.460. The van der Waals surface area contributed by atoms with Crippen molar-refractivity contribution < 1.29 is 13.2 Å². The highest BCUT2D eigenvalue weighted by Crippen LogP contribution is 2.25. The lowest BCUT2D eigenvalue weighted by molar-refractivity contribution is -0.120. The Labute approximate surface area is 192 Å². The first-order valence-electron chi connectivity index (χ1n) is 10.0. The van der Waals surface area contributed by atoms with Gasteiger partial charge in [0.15, 0.2) is 0 Å². The summed E-state index contributed by atoms with van der Waals surface area (Å²) in [6, 6.07) is 22.8. The summed E-state index contributed by atoms with van der Waals surface area (Å²) in [4.78, 5) is 13.1. The van der Waals surface area contributed by atoms with E-state index in [1.165, 1.54) is 12.1 Å². The molecule has 0 heterocycles. The van der Waals surface area contributed by atoms with E-state index in [0.29, 0.717) is 12.1 Å². The minimum absolute atomic E-state index is 0.135. The summed E-state index contributed by atoms with van der Waals surface area (Å²) in [5.41, 5.74) is 2.55. The predicted molar refractivity (Wildman–Crippen MR) is 127 cm³/mol. The molecule has 31 heavy (non-hydrogen) atoms. The summed E-state index contributed by atoms with van der Waals surface area (Å²) in [7, 11) is -3.92. The third-order valence-electron chi connectivity index (χ3n) is 4.96. The van der Waals surface area contributed by atoms with Crippen molar-refractivity contribution in [2.45, 2.75) is 31.2 Å². The molecule has 3 rings (SSSR count). The number of carbonyl (C=O) groups excluding carboxylic acids is 1. The summed E-state index contributed by atoms with van der Waals surface area (Å²) in [6.07, 6.45) is 0.693. The van der Waals surface area contributed by atoms with Crippen LogP contribution in [0.15, 0.2) is 88.2 Å². The number of nitrogens with one attached hydrogen (secondary N) is 1. The maximum atomic E-state index is 13.4. The number of hydrogen-bond acceptors (Lipinski definition) is 3. The first kappa shape index (κ1) is 23.0. The molecule has 0 aliphatic heterocycles. The molecule has 1 atom stereocenters. The van der Waals surface area contributed by atoms with Gasteiger partial charge in [-0.2, -0.15) is 0 Å². The van der Waals surface area contributed by atoms with Gasteiger partial charge in [0.1, 0.15) is 6.54 Å². The van der Waals surface area contributed by atoms with E-state index in [9.17, 15) is 13.2 Å². The van der Waals surface area contributed by atoms with Gasteiger partial charge in [-0.15, -0.1) is 0 Å². The largest absolute Gasteiger partial charge is 0.348 e. The van der Waals surface area contributed by atoms with Crippen molar-refractivity contribution in [3.8, 4) is 0 Å². The standard InChI is InChI=1S/C24H25BrN2O3S/c1-3-23(19-11-9-18(2)10-12-19)26-24(28)17-27(21-15-13-20(25)14-16-21)31(29,30)22-7-5-4-6-8-22/h4-16,23H,3,17H2,1-2H3,(H,26,28)/t23-/m1/s1. The van der Waals surface area contributed by atoms with Crippen LogP contribution in [0, 0.1) is 6.92 Å². The van der Waals surface area contributed by atoms with Gasteiger partial charge in [-0.05, 0) is 55.3 Å². The van der Waals surface area contributed by atoms with Gasteiger partial charge >= 0.3 is 0 Å². The van der Waals surface area contributed by atoms with Crippen molar-refractivity contribution in [2.75, 3.05) is 10.8 Å². The van der Waals surface area contributed by atoms with E-state index in [1.54, 1.807) is 42.5 Å². The van der Waals surface area contributed by atoms with Crippen LogP contribution >= 0.6 is 15.9 Å². The second-order valence-corrected chi connectivity index (χ2v) is 10.0. The molecule has 0 spiro atoms. The normalized spacial score (nSPS) is 12.2. The lowest BCUT2D eigenvalue weighted by Gasteiger charge is -2.26. The zero-order valence-electron chi connectivity index (χ0n) is 17.5. The first-order valence-corrected chi connectivity index (χ1v) is 12.2. The van der Waals surface area contributed by atoms with E-state index in [2.05, 4.69) is 21.2 Å². The molecular weight excluding hydrogens is 476 g/mol. The number of halogens is 1. The molecule has 0 fully saturated rings. The van der Waals surface area contributed by atoms with Gasteiger partial charge in [0.25, 0.3) is 10.0 Å². The molecule has 0 bridgehead atoms. The summed E-state index contributed by atoms with van der Waals surface area (Å²) in [5, 5.41) is 2.98. The van der Waals surface area contributed by atoms with E-state index < -0.39 is 10.0 Å². The molecule has 0 aliphatic rings. The highest BCUT2D eigenvalue weighted by atomic mass is 79.9. The van der Waals surface area contributed by atoms with Crippen molar-refractivity contribution in [3.05, 3.63) is 94.5 Å². The lowest BCUT2D eigenvalue weighted by atomic mass is 10.0. The molecule has 0 unspecified atom stereocenters. The van der Waals surface area contributed by atoms with Gasteiger partial charge in [0.05, 0.1) is 16.6 Å². The van der Waals surface area contributed by atoms with E-state index in [1.807, 2.05) is 38.1 Å². The Morgan fingerprint density at radius 3 is 2.16 bits per heavy atom. The van der Waals surface area contributed by atoms with Crippen LogP contribution in [0.25, 0.3) is 0 Å². The number of carbonyl (C=O) groups is 1. The number of aryl methyl sites for hydroxylation is 1. The third kappa shape index (κ3) is 5.74. The Morgan fingerprint density at radius 2 is 1.58 bits per heavy atom. The molecule has 0 saturated heterocycles. The highest BCUT2D eigenvalue weighted by molar-refractivity contribution is 9.10. The Balaban J connectivity index is 1.88. The van der Waals surface area contributed by atoms with Crippen LogP contribution in [0.5, 0.6) is 0 Å². The maximum Gasteiger partial charge on any atom is 0.264 e. The SMILES string of the molecule is CC[C@@H](NC(=O)CN(c1ccc(Br)cc1)S(=O)(=O)c1ccccc1)c1ccc(C)cc1. The molecule has 0 radical (unpaired) electrons. The summed E-state index contributed by atoms with van der Waals surface area (Å²) in [6.45, 7) is 3.67. The minimum atomic E-state index is -3.92. The Hall–Kier alpha value is -2.64. The number of nitrogens with zero attached hydrogens (tertiary/aromatic N) is 1. The van der Waals surface area contributed by atoms with Crippen LogP contribution in [0.3, 0.4) is 0 Å². The zero-order chi connectivity index (χ0) is 22.4. The molecule has 0 saturated carbocycles. The topological polar surface area (TPSA) is 66.5 Å². The van der Waals surface area contributed by atoms with Gasteiger partial charge in [-0.3, -0.25) is 9.10 Å². The van der Waals surface area contributed by atoms with Crippen molar-refractivity contribution in [3.63, 3.8) is 0 Å². The van der Waals surface area contributed by atoms with Crippen molar-refractivity contribution >= 4 is 37.5 Å². The second kappa shape index (κ2) is 10.1. The number of sulfonamides is 1. The fourth-order valence-corrected chi connectivity index (χ4v) is 4.94. The molecule has 162 valence electrons. The molecule has 3 aromatic carbocycles. The maximum absolute atomic E-state index is 13.4. The van der Waals surface area contributed by atoms with Gasteiger partial charge in [-0.25, -0.2) is 8.42 Å². The number of amides is 1. The van der Waals surface area contributed by atoms with Crippen LogP contribution in [-0.2, 0) is 14.8 Å². The van der Waals surface area contributed by atoms with Crippen molar-refractivity contribution in [1.82, 2.24) is 5.32 Å². The van der Waals surface area contributed by atoms with Crippen LogP contribution < -0.4 is 9.62 Å². The van der Waals surface area contributed by atoms with Crippen LogP contribution in [0.4, 0.5) is 5.69 Å². The van der Waals surface area contributed by atoms with Crippen LogP contribution in [0.2, 0.25) is 0 Å². The highest BCUT2D eigenvalue weighted by Gasteiger charge is 2.27. The second-order valence-electron chi connectivity index (χ2n) is 7.24. The third-order valence-corrected chi connectivity index (χ3v) is 7.27. The van der Waals surface area contributed by atoms with E-state index in [-0.39, 0.29) is 23.4 Å². The van der Waals surface area contributed by atoms with Gasteiger partial charge in [-0.1, -0.05) is 70.9 Å². The minimum Gasteiger partial charge on any atom is -0.348 e. The number of benzene rings is 3. The van der Waals surface area contributed by atoms with E-state index in [0.717, 1.165) is 19.9 Å². The Morgan fingerprint density at radius 1 is 0.968 bits per heavy atom. The molecule has 0 aliphatic carbocycles. The first-order chi connectivity index (χ1) is 14.8. The summed E-state index contributed by atoms with van der Waals surface area (Å²) >= 11 is 3.37. The average Bonchev–Trinajstić information content (AvgIpc) is 2.78. The molecular formula is C24H25BrN2O3S. The summed E-state index contributed by atoms with van der Waals surface area (Å²) in [5.74, 6) is -0.366. The fraction of sp³-hybridized carbons (Fsp3) is 0.208. The molecule has 5 nitrogen and oxygen atoms in total.